The summed E-state index contributed by atoms with van der Waals surface area (Å²) >= 11 is 0. The van der Waals surface area contributed by atoms with Gasteiger partial charge in [0.1, 0.15) is 0 Å². The first-order valence-corrected chi connectivity index (χ1v) is 6.48. The van der Waals surface area contributed by atoms with Crippen molar-refractivity contribution in [2.24, 2.45) is 0 Å². The molecule has 1 rings (SSSR count). The Labute approximate surface area is 104 Å². The van der Waals surface area contributed by atoms with Crippen LogP contribution in [-0.4, -0.2) is 29.8 Å². The lowest BCUT2D eigenvalue weighted by Gasteiger charge is -2.23. The van der Waals surface area contributed by atoms with Crippen molar-refractivity contribution in [2.75, 3.05) is 18.5 Å². The molecular formula is C12H24N4O. The second-order valence-electron chi connectivity index (χ2n) is 4.24. The first kappa shape index (κ1) is 14.0. The fourth-order valence-electron chi connectivity index (χ4n) is 1.82. The lowest BCUT2D eigenvalue weighted by Crippen LogP contribution is -2.30. The van der Waals surface area contributed by atoms with Crippen molar-refractivity contribution in [3.8, 4) is 0 Å². The zero-order chi connectivity index (χ0) is 12.7. The van der Waals surface area contributed by atoms with E-state index in [1.165, 1.54) is 0 Å². The summed E-state index contributed by atoms with van der Waals surface area (Å²) in [6.07, 6.45) is 3.27. The monoisotopic (exact) mass is 240 g/mol. The minimum atomic E-state index is 0.465. The van der Waals surface area contributed by atoms with Crippen molar-refractivity contribution in [1.82, 2.24) is 15.5 Å². The number of hydrogen-bond donors (Lipinski definition) is 1. The van der Waals surface area contributed by atoms with Gasteiger partial charge in [0.2, 0.25) is 5.89 Å². The molecule has 0 aliphatic heterocycles. The Balaban J connectivity index is 2.54. The minimum Gasteiger partial charge on any atom is -0.407 e. The van der Waals surface area contributed by atoms with Crippen LogP contribution in [0.1, 0.15) is 45.9 Å². The quantitative estimate of drug-likeness (QED) is 0.706. The maximum atomic E-state index is 5.62. The van der Waals surface area contributed by atoms with Crippen LogP contribution in [0.4, 0.5) is 6.01 Å². The molecule has 0 radical (unpaired) electrons. The van der Waals surface area contributed by atoms with Crippen LogP contribution in [0, 0.1) is 0 Å². The predicted molar refractivity (Wildman–Crippen MR) is 69.1 cm³/mol. The first-order valence-electron chi connectivity index (χ1n) is 6.48. The highest BCUT2D eigenvalue weighted by Gasteiger charge is 2.16. The minimum absolute atomic E-state index is 0.465. The largest absolute Gasteiger partial charge is 0.407 e. The number of nitrogens with one attached hydrogen (secondary N) is 1. The van der Waals surface area contributed by atoms with Crippen molar-refractivity contribution in [1.29, 1.82) is 0 Å². The summed E-state index contributed by atoms with van der Waals surface area (Å²) < 4.78 is 5.62. The SMILES string of the molecule is CCCNCc1nnc(N(C)C(CC)CC)o1. The molecule has 17 heavy (non-hydrogen) atoms. The molecule has 0 aliphatic carbocycles. The van der Waals surface area contributed by atoms with E-state index in [1.807, 2.05) is 7.05 Å². The highest BCUT2D eigenvalue weighted by Crippen LogP contribution is 2.16. The van der Waals surface area contributed by atoms with Crippen LogP contribution >= 0.6 is 0 Å². The lowest BCUT2D eigenvalue weighted by atomic mass is 10.1. The van der Waals surface area contributed by atoms with Crippen molar-refractivity contribution in [2.45, 2.75) is 52.6 Å². The molecule has 0 spiro atoms. The van der Waals surface area contributed by atoms with E-state index < -0.39 is 0 Å². The van der Waals surface area contributed by atoms with E-state index in [1.54, 1.807) is 0 Å². The summed E-state index contributed by atoms with van der Waals surface area (Å²) in [5.74, 6) is 0.659. The maximum absolute atomic E-state index is 5.62. The molecular weight excluding hydrogens is 216 g/mol. The fraction of sp³-hybridized carbons (Fsp3) is 0.833. The smallest absolute Gasteiger partial charge is 0.318 e. The molecule has 0 bridgehead atoms. The van der Waals surface area contributed by atoms with Gasteiger partial charge in [0, 0.05) is 13.1 Å². The van der Waals surface area contributed by atoms with Gasteiger partial charge >= 0.3 is 6.01 Å². The Bertz CT molecular complexity index is 309. The topological polar surface area (TPSA) is 54.2 Å². The first-order chi connectivity index (χ1) is 8.22. The van der Waals surface area contributed by atoms with Crippen LogP contribution < -0.4 is 10.2 Å². The van der Waals surface area contributed by atoms with E-state index in [2.05, 4.69) is 41.2 Å². The molecule has 5 nitrogen and oxygen atoms in total. The molecule has 0 aliphatic rings. The number of anilines is 1. The third-order valence-corrected chi connectivity index (χ3v) is 2.95. The lowest BCUT2D eigenvalue weighted by molar-refractivity contribution is 0.447. The average Bonchev–Trinajstić information content (AvgIpc) is 2.79. The Morgan fingerprint density at radius 2 is 1.94 bits per heavy atom. The summed E-state index contributed by atoms with van der Waals surface area (Å²) in [6, 6.07) is 1.08. The van der Waals surface area contributed by atoms with Crippen LogP contribution in [0.3, 0.4) is 0 Å². The van der Waals surface area contributed by atoms with Gasteiger partial charge in [-0.25, -0.2) is 0 Å². The molecule has 0 amide bonds. The van der Waals surface area contributed by atoms with Gasteiger partial charge < -0.3 is 14.6 Å². The summed E-state index contributed by atoms with van der Waals surface area (Å²) in [5, 5.41) is 11.4. The molecule has 0 fully saturated rings. The molecule has 0 unspecified atom stereocenters. The number of rotatable bonds is 8. The zero-order valence-corrected chi connectivity index (χ0v) is 11.4. The normalized spacial score (nSPS) is 11.1. The van der Waals surface area contributed by atoms with Gasteiger partial charge in [-0.05, 0) is 25.8 Å². The molecule has 0 saturated carbocycles. The Morgan fingerprint density at radius 3 is 2.53 bits per heavy atom. The van der Waals surface area contributed by atoms with Crippen LogP contribution in [0.15, 0.2) is 4.42 Å². The standard InChI is InChI=1S/C12H24N4O/c1-5-8-13-9-11-14-15-12(17-11)16(4)10(6-2)7-3/h10,13H,5-9H2,1-4H3. The Kier molecular flexibility index (Phi) is 5.97. The highest BCUT2D eigenvalue weighted by atomic mass is 16.4. The molecule has 5 heteroatoms. The highest BCUT2D eigenvalue weighted by molar-refractivity contribution is 5.24. The van der Waals surface area contributed by atoms with E-state index >= 15 is 0 Å². The summed E-state index contributed by atoms with van der Waals surface area (Å²) in [6.45, 7) is 8.10. The van der Waals surface area contributed by atoms with Crippen molar-refractivity contribution in [3.63, 3.8) is 0 Å². The second kappa shape index (κ2) is 7.27. The zero-order valence-electron chi connectivity index (χ0n) is 11.4. The fourth-order valence-corrected chi connectivity index (χ4v) is 1.82. The Hall–Kier alpha value is -1.10. The molecule has 0 aromatic carbocycles. The van der Waals surface area contributed by atoms with Gasteiger partial charge in [0.05, 0.1) is 6.54 Å². The molecule has 0 atom stereocenters. The van der Waals surface area contributed by atoms with E-state index in [-0.39, 0.29) is 0 Å². The maximum Gasteiger partial charge on any atom is 0.318 e. The number of hydrogen-bond acceptors (Lipinski definition) is 5. The van der Waals surface area contributed by atoms with Crippen LogP contribution in [0.2, 0.25) is 0 Å². The third kappa shape index (κ3) is 4.00. The van der Waals surface area contributed by atoms with Crippen LogP contribution in [0.5, 0.6) is 0 Å². The molecule has 1 aromatic heterocycles. The van der Waals surface area contributed by atoms with Crippen LogP contribution in [-0.2, 0) is 6.54 Å². The van der Waals surface area contributed by atoms with E-state index in [4.69, 9.17) is 4.42 Å². The second-order valence-corrected chi connectivity index (χ2v) is 4.24. The van der Waals surface area contributed by atoms with Crippen molar-refractivity contribution < 1.29 is 4.42 Å². The number of aromatic nitrogens is 2. The molecule has 1 heterocycles. The molecule has 98 valence electrons. The van der Waals surface area contributed by atoms with Gasteiger partial charge in [-0.2, -0.15) is 0 Å². The van der Waals surface area contributed by atoms with E-state index in [0.29, 0.717) is 24.5 Å². The average molecular weight is 240 g/mol. The van der Waals surface area contributed by atoms with Crippen molar-refractivity contribution >= 4 is 6.01 Å². The van der Waals surface area contributed by atoms with Gasteiger partial charge in [0.15, 0.2) is 0 Å². The van der Waals surface area contributed by atoms with Crippen molar-refractivity contribution in [3.05, 3.63) is 5.89 Å². The summed E-state index contributed by atoms with van der Waals surface area (Å²) in [4.78, 5) is 2.07. The van der Waals surface area contributed by atoms with Gasteiger partial charge in [-0.3, -0.25) is 0 Å². The summed E-state index contributed by atoms with van der Waals surface area (Å²) in [5.41, 5.74) is 0. The Morgan fingerprint density at radius 1 is 1.24 bits per heavy atom. The van der Waals surface area contributed by atoms with Gasteiger partial charge in [-0.1, -0.05) is 25.9 Å². The third-order valence-electron chi connectivity index (χ3n) is 2.95. The molecule has 0 saturated heterocycles. The predicted octanol–water partition coefficient (Wildman–Crippen LogP) is 2.19. The van der Waals surface area contributed by atoms with Gasteiger partial charge in [0.25, 0.3) is 0 Å². The van der Waals surface area contributed by atoms with E-state index in [0.717, 1.165) is 25.8 Å². The number of nitrogens with zero attached hydrogens (tertiary/aromatic N) is 3. The molecule has 1 aromatic rings. The van der Waals surface area contributed by atoms with E-state index in [9.17, 15) is 0 Å². The molecule has 1 N–H and O–H groups in total. The summed E-state index contributed by atoms with van der Waals surface area (Å²) in [7, 11) is 2.01. The van der Waals surface area contributed by atoms with Gasteiger partial charge in [-0.15, -0.1) is 5.10 Å². The van der Waals surface area contributed by atoms with Crippen LogP contribution in [0.25, 0.3) is 0 Å².